The average molecular weight is 277 g/mol. The molecule has 3 heteroatoms. The van der Waals surface area contributed by atoms with E-state index in [0.717, 1.165) is 25.1 Å². The van der Waals surface area contributed by atoms with Crippen LogP contribution in [0.15, 0.2) is 24.3 Å². The van der Waals surface area contributed by atoms with Gasteiger partial charge in [0.2, 0.25) is 0 Å². The highest BCUT2D eigenvalue weighted by Crippen LogP contribution is 2.38. The van der Waals surface area contributed by atoms with Gasteiger partial charge in [-0.25, -0.2) is 0 Å². The molecule has 2 atom stereocenters. The van der Waals surface area contributed by atoms with Gasteiger partial charge in [-0.2, -0.15) is 0 Å². The zero-order valence-electron chi connectivity index (χ0n) is 13.1. The van der Waals surface area contributed by atoms with Crippen molar-refractivity contribution < 1.29 is 9.84 Å². The molecule has 0 aromatic heterocycles. The Kier molecular flexibility index (Phi) is 4.71. The first-order valence-corrected chi connectivity index (χ1v) is 7.46. The summed E-state index contributed by atoms with van der Waals surface area (Å²) >= 11 is 0. The molecule has 0 amide bonds. The Balaban J connectivity index is 2.09. The number of rotatable bonds is 4. The first kappa shape index (κ1) is 15.3. The maximum absolute atomic E-state index is 10.6. The molecular weight excluding hydrogens is 250 g/mol. The van der Waals surface area contributed by atoms with Gasteiger partial charge in [-0.15, -0.1) is 0 Å². The lowest BCUT2D eigenvalue weighted by Gasteiger charge is -2.44. The molecule has 1 aliphatic rings. The first-order valence-electron chi connectivity index (χ1n) is 7.46. The smallest absolute Gasteiger partial charge is 0.123 e. The van der Waals surface area contributed by atoms with Crippen molar-refractivity contribution in [3.05, 3.63) is 29.8 Å². The van der Waals surface area contributed by atoms with Crippen LogP contribution in [0.5, 0.6) is 5.75 Å². The van der Waals surface area contributed by atoms with Gasteiger partial charge < -0.3 is 9.84 Å². The number of aliphatic hydroxyl groups is 1. The first-order chi connectivity index (χ1) is 9.45. The molecule has 1 aromatic rings. The molecule has 0 aliphatic heterocycles. The Hall–Kier alpha value is -1.06. The van der Waals surface area contributed by atoms with Crippen LogP contribution in [0.1, 0.15) is 38.7 Å². The lowest BCUT2D eigenvalue weighted by Crippen LogP contribution is -2.50. The monoisotopic (exact) mass is 277 g/mol. The second-order valence-corrected chi connectivity index (χ2v) is 6.62. The van der Waals surface area contributed by atoms with E-state index in [0.29, 0.717) is 0 Å². The Morgan fingerprint density at radius 2 is 2.05 bits per heavy atom. The van der Waals surface area contributed by atoms with Gasteiger partial charge >= 0.3 is 0 Å². The Morgan fingerprint density at radius 1 is 1.35 bits per heavy atom. The summed E-state index contributed by atoms with van der Waals surface area (Å²) in [5.41, 5.74) is 1.19. The van der Waals surface area contributed by atoms with Gasteiger partial charge in [0.15, 0.2) is 0 Å². The van der Waals surface area contributed by atoms with Gasteiger partial charge in [-0.05, 0) is 31.4 Å². The van der Waals surface area contributed by atoms with E-state index >= 15 is 0 Å². The number of methoxy groups -OCH3 is 1. The van der Waals surface area contributed by atoms with E-state index in [-0.39, 0.29) is 17.6 Å². The minimum Gasteiger partial charge on any atom is -0.496 e. The molecule has 0 bridgehead atoms. The average Bonchev–Trinajstić information content (AvgIpc) is 2.42. The van der Waals surface area contributed by atoms with Crippen molar-refractivity contribution in [1.82, 2.24) is 4.90 Å². The number of hydrogen-bond acceptors (Lipinski definition) is 3. The highest BCUT2D eigenvalue weighted by atomic mass is 16.5. The maximum atomic E-state index is 10.6. The fourth-order valence-corrected chi connectivity index (χ4v) is 3.27. The van der Waals surface area contributed by atoms with Crippen LogP contribution in [0, 0.1) is 5.41 Å². The summed E-state index contributed by atoms with van der Waals surface area (Å²) in [6.45, 7) is 5.14. The van der Waals surface area contributed by atoms with Gasteiger partial charge in [0.25, 0.3) is 0 Å². The summed E-state index contributed by atoms with van der Waals surface area (Å²) in [6.07, 6.45) is 3.09. The molecular formula is C17H27NO2. The van der Waals surface area contributed by atoms with Crippen molar-refractivity contribution in [2.24, 2.45) is 5.41 Å². The maximum Gasteiger partial charge on any atom is 0.123 e. The van der Waals surface area contributed by atoms with Crippen LogP contribution >= 0.6 is 0 Å². The van der Waals surface area contributed by atoms with E-state index in [9.17, 15) is 5.11 Å². The Morgan fingerprint density at radius 3 is 2.75 bits per heavy atom. The number of ether oxygens (including phenoxy) is 1. The van der Waals surface area contributed by atoms with Crippen LogP contribution in [0.3, 0.4) is 0 Å². The lowest BCUT2D eigenvalue weighted by atomic mass is 9.72. The highest BCUT2D eigenvalue weighted by molar-refractivity contribution is 5.33. The second-order valence-electron chi connectivity index (χ2n) is 6.62. The molecule has 0 radical (unpaired) electrons. The van der Waals surface area contributed by atoms with Gasteiger partial charge in [0, 0.05) is 18.2 Å². The number of benzene rings is 1. The number of nitrogens with zero attached hydrogens (tertiary/aromatic N) is 1. The molecule has 0 spiro atoms. The predicted molar refractivity (Wildman–Crippen MR) is 81.9 cm³/mol. The van der Waals surface area contributed by atoms with Crippen LogP contribution < -0.4 is 4.74 Å². The van der Waals surface area contributed by atoms with Crippen LogP contribution in [0.4, 0.5) is 0 Å². The third-order valence-corrected chi connectivity index (χ3v) is 4.66. The van der Waals surface area contributed by atoms with Gasteiger partial charge in [-0.1, -0.05) is 38.5 Å². The van der Waals surface area contributed by atoms with Crippen LogP contribution in [0.2, 0.25) is 0 Å². The van der Waals surface area contributed by atoms with E-state index in [1.54, 1.807) is 7.11 Å². The van der Waals surface area contributed by atoms with Crippen molar-refractivity contribution in [3.8, 4) is 5.75 Å². The SMILES string of the molecule is COc1ccccc1CN(C)C1CCCC(C)(C)C1O. The fourth-order valence-electron chi connectivity index (χ4n) is 3.27. The molecule has 1 aromatic carbocycles. The summed E-state index contributed by atoms with van der Waals surface area (Å²) < 4.78 is 5.41. The van der Waals surface area contributed by atoms with Crippen molar-refractivity contribution in [3.63, 3.8) is 0 Å². The zero-order valence-corrected chi connectivity index (χ0v) is 13.1. The van der Waals surface area contributed by atoms with Crippen LogP contribution in [-0.2, 0) is 6.54 Å². The summed E-state index contributed by atoms with van der Waals surface area (Å²) in [5, 5.41) is 10.6. The quantitative estimate of drug-likeness (QED) is 0.918. The lowest BCUT2D eigenvalue weighted by molar-refractivity contribution is -0.0525. The Labute approximate surface area is 122 Å². The van der Waals surface area contributed by atoms with Crippen molar-refractivity contribution >= 4 is 0 Å². The molecule has 1 N–H and O–H groups in total. The van der Waals surface area contributed by atoms with Gasteiger partial charge in [-0.3, -0.25) is 4.90 Å². The summed E-state index contributed by atoms with van der Waals surface area (Å²) in [4.78, 5) is 2.27. The molecule has 0 heterocycles. The van der Waals surface area contributed by atoms with Crippen LogP contribution in [-0.4, -0.2) is 36.3 Å². The third-order valence-electron chi connectivity index (χ3n) is 4.66. The van der Waals surface area contributed by atoms with Crippen molar-refractivity contribution in [2.75, 3.05) is 14.2 Å². The molecule has 20 heavy (non-hydrogen) atoms. The molecule has 2 rings (SSSR count). The number of para-hydroxylation sites is 1. The molecule has 1 aliphatic carbocycles. The van der Waals surface area contributed by atoms with Crippen molar-refractivity contribution in [1.29, 1.82) is 0 Å². The number of likely N-dealkylation sites (N-methyl/N-ethyl adjacent to an activating group) is 1. The zero-order chi connectivity index (χ0) is 14.8. The number of aliphatic hydroxyl groups excluding tert-OH is 1. The van der Waals surface area contributed by atoms with Gasteiger partial charge in [0.1, 0.15) is 5.75 Å². The standard InChI is InChI=1S/C17H27NO2/c1-17(2)11-7-9-14(16(17)19)18(3)12-13-8-5-6-10-15(13)20-4/h5-6,8,10,14,16,19H,7,9,11-12H2,1-4H3. The summed E-state index contributed by atoms with van der Waals surface area (Å²) in [5.74, 6) is 0.920. The van der Waals surface area contributed by atoms with E-state index < -0.39 is 0 Å². The van der Waals surface area contributed by atoms with E-state index in [4.69, 9.17) is 4.74 Å². The molecule has 1 fully saturated rings. The summed E-state index contributed by atoms with van der Waals surface area (Å²) in [6, 6.07) is 8.33. The predicted octanol–water partition coefficient (Wildman–Crippen LogP) is 3.07. The molecule has 2 unspecified atom stereocenters. The molecule has 3 nitrogen and oxygen atoms in total. The topological polar surface area (TPSA) is 32.7 Å². The summed E-state index contributed by atoms with van der Waals surface area (Å²) in [7, 11) is 3.80. The largest absolute Gasteiger partial charge is 0.496 e. The molecule has 0 saturated heterocycles. The fraction of sp³-hybridized carbons (Fsp3) is 0.647. The highest BCUT2D eigenvalue weighted by Gasteiger charge is 2.39. The molecule has 1 saturated carbocycles. The molecule has 112 valence electrons. The van der Waals surface area contributed by atoms with E-state index in [1.165, 1.54) is 12.0 Å². The van der Waals surface area contributed by atoms with Crippen molar-refractivity contribution in [2.45, 2.75) is 51.8 Å². The Bertz CT molecular complexity index is 444. The normalized spacial score (nSPS) is 25.7. The minimum atomic E-state index is -0.268. The minimum absolute atomic E-state index is 0.0119. The van der Waals surface area contributed by atoms with Crippen LogP contribution in [0.25, 0.3) is 0 Å². The second kappa shape index (κ2) is 6.15. The van der Waals surface area contributed by atoms with E-state index in [1.807, 2.05) is 18.2 Å². The van der Waals surface area contributed by atoms with E-state index in [2.05, 4.69) is 31.9 Å². The third kappa shape index (κ3) is 3.15. The number of hydrogen-bond donors (Lipinski definition) is 1. The van der Waals surface area contributed by atoms with Gasteiger partial charge in [0.05, 0.1) is 13.2 Å².